The molecule has 7 nitrogen and oxygen atoms in total. The lowest BCUT2D eigenvalue weighted by Crippen LogP contribution is -2.35. The van der Waals surface area contributed by atoms with Gasteiger partial charge in [-0.3, -0.25) is 9.59 Å². The molecular formula is C28H40N4O3. The van der Waals surface area contributed by atoms with Crippen LogP contribution in [0.15, 0.2) is 54.6 Å². The zero-order valence-electron chi connectivity index (χ0n) is 20.4. The van der Waals surface area contributed by atoms with Crippen LogP contribution in [0, 0.1) is 11.8 Å². The third kappa shape index (κ3) is 11.2. The molecule has 8 N–H and O–H groups in total. The second-order valence-electron chi connectivity index (χ2n) is 9.10. The maximum Gasteiger partial charge on any atom is 0.320 e. The van der Waals surface area contributed by atoms with E-state index in [1.54, 1.807) is 0 Å². The van der Waals surface area contributed by atoms with Crippen LogP contribution in [0.3, 0.4) is 0 Å². The van der Waals surface area contributed by atoms with E-state index in [2.05, 4.69) is 29.6 Å². The molecule has 2 aromatic carbocycles. The van der Waals surface area contributed by atoms with Gasteiger partial charge in [0.25, 0.3) is 0 Å². The Balaban J connectivity index is 0.000000256. The lowest BCUT2D eigenvalue weighted by atomic mass is 9.81. The van der Waals surface area contributed by atoms with Crippen molar-refractivity contribution in [3.63, 3.8) is 0 Å². The predicted molar refractivity (Wildman–Crippen MR) is 143 cm³/mol. The molecule has 3 rings (SSSR count). The molecule has 1 aliphatic carbocycles. The number of hydrogen-bond acceptors (Lipinski definition) is 5. The number of carbonyl (C=O) groups is 2. The minimum atomic E-state index is -0.967. The average Bonchev–Trinajstić information content (AvgIpc) is 2.89. The first-order chi connectivity index (χ1) is 16.9. The summed E-state index contributed by atoms with van der Waals surface area (Å²) in [6, 6.07) is 17.3. The Labute approximate surface area is 208 Å². The van der Waals surface area contributed by atoms with Crippen molar-refractivity contribution in [2.75, 3.05) is 18.8 Å². The monoisotopic (exact) mass is 480 g/mol. The fraction of sp³-hybridized carbons (Fsp3) is 0.429. The second-order valence-corrected chi connectivity index (χ2v) is 9.10. The maximum absolute atomic E-state index is 11.9. The van der Waals surface area contributed by atoms with Crippen molar-refractivity contribution in [3.05, 3.63) is 65.7 Å². The number of nitrogens with one attached hydrogen (secondary N) is 1. The number of unbranched alkanes of at least 4 members (excludes halogenated alkanes) is 1. The first kappa shape index (κ1) is 28.1. The molecule has 1 amide bonds. The number of benzene rings is 2. The normalized spacial score (nSPS) is 18.3. The third-order valence-electron chi connectivity index (χ3n) is 6.31. The fourth-order valence-corrected chi connectivity index (χ4v) is 3.99. The van der Waals surface area contributed by atoms with Crippen molar-refractivity contribution in [3.8, 4) is 0 Å². The van der Waals surface area contributed by atoms with Crippen LogP contribution in [0.5, 0.6) is 0 Å². The highest BCUT2D eigenvalue weighted by atomic mass is 16.4. The summed E-state index contributed by atoms with van der Waals surface area (Å²) >= 11 is 0. The van der Waals surface area contributed by atoms with E-state index in [0.29, 0.717) is 25.3 Å². The van der Waals surface area contributed by atoms with Gasteiger partial charge >= 0.3 is 5.97 Å². The van der Waals surface area contributed by atoms with Gasteiger partial charge < -0.3 is 27.6 Å². The number of carboxylic acid groups (broad SMARTS) is 1. The summed E-state index contributed by atoms with van der Waals surface area (Å²) in [6.07, 6.45) is 10.0. The second kappa shape index (κ2) is 15.7. The quantitative estimate of drug-likeness (QED) is 0.198. The van der Waals surface area contributed by atoms with Crippen LogP contribution in [0.4, 0.5) is 5.69 Å². The van der Waals surface area contributed by atoms with Gasteiger partial charge in [-0.2, -0.15) is 0 Å². The molecule has 0 radical (unpaired) electrons. The molecular weight excluding hydrogens is 440 g/mol. The molecule has 0 bridgehead atoms. The highest BCUT2D eigenvalue weighted by molar-refractivity contribution is 5.78. The number of hydrogen-bond donors (Lipinski definition) is 5. The number of nitrogen functional groups attached to an aromatic ring is 1. The zero-order chi connectivity index (χ0) is 25.5. The minimum Gasteiger partial charge on any atom is -0.480 e. The van der Waals surface area contributed by atoms with Gasteiger partial charge in [0.2, 0.25) is 5.91 Å². The third-order valence-corrected chi connectivity index (χ3v) is 6.31. The molecule has 0 unspecified atom stereocenters. The van der Waals surface area contributed by atoms with E-state index < -0.39 is 12.0 Å². The van der Waals surface area contributed by atoms with Gasteiger partial charge in [-0.25, -0.2) is 0 Å². The maximum atomic E-state index is 11.9. The molecule has 7 heteroatoms. The van der Waals surface area contributed by atoms with Crippen LogP contribution in [-0.2, 0) is 9.59 Å². The van der Waals surface area contributed by atoms with Crippen LogP contribution in [0.25, 0.3) is 12.2 Å². The molecule has 190 valence electrons. The number of carbonyl (C=O) groups excluding carboxylic acids is 1. The van der Waals surface area contributed by atoms with Crippen molar-refractivity contribution < 1.29 is 14.7 Å². The van der Waals surface area contributed by atoms with Gasteiger partial charge in [0.15, 0.2) is 0 Å². The summed E-state index contributed by atoms with van der Waals surface area (Å²) in [5.74, 6) is -0.135. The van der Waals surface area contributed by atoms with Crippen LogP contribution in [0.1, 0.15) is 56.1 Å². The predicted octanol–water partition coefficient (Wildman–Crippen LogP) is 3.89. The largest absolute Gasteiger partial charge is 0.480 e. The first-order valence-corrected chi connectivity index (χ1v) is 12.4. The molecule has 0 aliphatic heterocycles. The van der Waals surface area contributed by atoms with Gasteiger partial charge in [0.1, 0.15) is 6.04 Å². The summed E-state index contributed by atoms with van der Waals surface area (Å²) in [5.41, 5.74) is 19.8. The summed E-state index contributed by atoms with van der Waals surface area (Å²) in [6.45, 7) is 1.32. The van der Waals surface area contributed by atoms with Gasteiger partial charge in [0.05, 0.1) is 0 Å². The van der Waals surface area contributed by atoms with Crippen LogP contribution < -0.4 is 22.5 Å². The number of amides is 1. The Morgan fingerprint density at radius 3 is 2.11 bits per heavy atom. The fourth-order valence-electron chi connectivity index (χ4n) is 3.99. The van der Waals surface area contributed by atoms with Crippen molar-refractivity contribution in [2.45, 2.75) is 51.0 Å². The Morgan fingerprint density at radius 1 is 0.943 bits per heavy atom. The SMILES string of the molecule is NC[C@H]1CC[C@H](C(=O)NCCCC[C@H](N)C(=O)O)CC1.Nc1ccc(C=Cc2ccccc2)cc1. The number of anilines is 1. The Hall–Kier alpha value is -3.16. The standard InChI is InChI=1S/C14H27N3O3.C14H13N/c15-9-10-4-6-11(7-5-10)13(18)17-8-2-1-3-12(16)14(19)20;15-14-10-8-13(9-11-14)7-6-12-4-2-1-3-5-12/h10-12H,1-9,15-16H2,(H,17,18)(H,19,20);1-11H,15H2/t10-,11-,12-;/m0./s1. The van der Waals surface area contributed by atoms with E-state index in [9.17, 15) is 9.59 Å². The van der Waals surface area contributed by atoms with Crippen molar-refractivity contribution in [1.82, 2.24) is 5.32 Å². The molecule has 2 aromatic rings. The average molecular weight is 481 g/mol. The number of aliphatic carboxylic acids is 1. The van der Waals surface area contributed by atoms with Gasteiger partial charge in [-0.05, 0) is 80.7 Å². The number of rotatable bonds is 10. The number of carboxylic acids is 1. The molecule has 35 heavy (non-hydrogen) atoms. The zero-order valence-corrected chi connectivity index (χ0v) is 20.4. The van der Waals surface area contributed by atoms with E-state index in [4.69, 9.17) is 22.3 Å². The van der Waals surface area contributed by atoms with Crippen molar-refractivity contribution in [2.24, 2.45) is 23.3 Å². The first-order valence-electron chi connectivity index (χ1n) is 12.4. The summed E-state index contributed by atoms with van der Waals surface area (Å²) in [5, 5.41) is 11.6. The molecule has 1 saturated carbocycles. The highest BCUT2D eigenvalue weighted by Crippen LogP contribution is 2.28. The summed E-state index contributed by atoms with van der Waals surface area (Å²) in [7, 11) is 0. The van der Waals surface area contributed by atoms with Crippen LogP contribution in [0.2, 0.25) is 0 Å². The summed E-state index contributed by atoms with van der Waals surface area (Å²) in [4.78, 5) is 22.5. The van der Waals surface area contributed by atoms with Crippen LogP contribution in [-0.4, -0.2) is 36.1 Å². The Bertz CT molecular complexity index is 908. The van der Waals surface area contributed by atoms with Gasteiger partial charge in [0, 0.05) is 18.2 Å². The van der Waals surface area contributed by atoms with E-state index in [1.807, 2.05) is 42.5 Å². The molecule has 1 aliphatic rings. The smallest absolute Gasteiger partial charge is 0.320 e. The number of nitrogens with two attached hydrogens (primary N) is 3. The lowest BCUT2D eigenvalue weighted by molar-refractivity contribution is -0.138. The van der Waals surface area contributed by atoms with Crippen molar-refractivity contribution in [1.29, 1.82) is 0 Å². The topological polar surface area (TPSA) is 144 Å². The summed E-state index contributed by atoms with van der Waals surface area (Å²) < 4.78 is 0. The van der Waals surface area contributed by atoms with Gasteiger partial charge in [-0.15, -0.1) is 0 Å². The molecule has 1 atom stereocenters. The van der Waals surface area contributed by atoms with Crippen molar-refractivity contribution >= 4 is 29.7 Å². The van der Waals surface area contributed by atoms with Crippen LogP contribution >= 0.6 is 0 Å². The lowest BCUT2D eigenvalue weighted by Gasteiger charge is -2.26. The minimum absolute atomic E-state index is 0.124. The molecule has 0 heterocycles. The van der Waals surface area contributed by atoms with E-state index in [0.717, 1.165) is 49.9 Å². The Kier molecular flexibility index (Phi) is 12.6. The molecule has 0 saturated heterocycles. The van der Waals surface area contributed by atoms with E-state index in [1.165, 1.54) is 5.56 Å². The Morgan fingerprint density at radius 2 is 1.54 bits per heavy atom. The van der Waals surface area contributed by atoms with Gasteiger partial charge in [-0.1, -0.05) is 54.6 Å². The highest BCUT2D eigenvalue weighted by Gasteiger charge is 2.25. The van der Waals surface area contributed by atoms with E-state index >= 15 is 0 Å². The van der Waals surface area contributed by atoms with E-state index in [-0.39, 0.29) is 11.8 Å². The molecule has 0 spiro atoms. The molecule has 1 fully saturated rings. The molecule has 0 aromatic heterocycles.